The molecule has 0 radical (unpaired) electrons. The van der Waals surface area contributed by atoms with Gasteiger partial charge in [0, 0.05) is 47.0 Å². The van der Waals surface area contributed by atoms with Gasteiger partial charge < -0.3 is 10.6 Å². The van der Waals surface area contributed by atoms with E-state index in [1.807, 2.05) is 30.3 Å². The predicted octanol–water partition coefficient (Wildman–Crippen LogP) is 4.04. The summed E-state index contributed by atoms with van der Waals surface area (Å²) in [7, 11) is 1.72. The molecule has 0 amide bonds. The van der Waals surface area contributed by atoms with Gasteiger partial charge in [0.25, 0.3) is 5.56 Å². The Morgan fingerprint density at radius 1 is 1.13 bits per heavy atom. The maximum Gasteiger partial charge on any atom is 0.259 e. The van der Waals surface area contributed by atoms with Gasteiger partial charge in [0.1, 0.15) is 5.65 Å². The molecule has 0 spiro atoms. The number of benzene rings is 2. The Bertz CT molecular complexity index is 1330. The van der Waals surface area contributed by atoms with Gasteiger partial charge in [-0.3, -0.25) is 9.36 Å². The van der Waals surface area contributed by atoms with Crippen LogP contribution in [0.15, 0.2) is 59.5 Å². The largest absolute Gasteiger partial charge is 0.324 e. The number of hydrogen-bond acceptors (Lipinski definition) is 5. The highest BCUT2D eigenvalue weighted by molar-refractivity contribution is 6.33. The third kappa shape index (κ3) is 3.24. The van der Waals surface area contributed by atoms with Gasteiger partial charge in [-0.15, -0.1) is 0 Å². The van der Waals surface area contributed by atoms with E-state index >= 15 is 0 Å². The zero-order chi connectivity index (χ0) is 20.7. The highest BCUT2D eigenvalue weighted by Crippen LogP contribution is 2.28. The van der Waals surface area contributed by atoms with Crippen LogP contribution < -0.4 is 16.2 Å². The molecule has 2 aromatic heterocycles. The van der Waals surface area contributed by atoms with Crippen LogP contribution in [0.2, 0.25) is 5.02 Å². The molecule has 0 atom stereocenters. The predicted molar refractivity (Wildman–Crippen MR) is 120 cm³/mol. The van der Waals surface area contributed by atoms with Crippen molar-refractivity contribution in [1.29, 1.82) is 0 Å². The summed E-state index contributed by atoms with van der Waals surface area (Å²) >= 11 is 6.31. The molecule has 2 aromatic carbocycles. The van der Waals surface area contributed by atoms with E-state index in [2.05, 4.69) is 26.7 Å². The van der Waals surface area contributed by atoms with Crippen LogP contribution in [0.25, 0.3) is 22.2 Å². The first-order chi connectivity index (χ1) is 14.6. The third-order valence-electron chi connectivity index (χ3n) is 5.50. The average Bonchev–Trinajstić information content (AvgIpc) is 2.77. The summed E-state index contributed by atoms with van der Waals surface area (Å²) in [5, 5.41) is 8.04. The van der Waals surface area contributed by atoms with Crippen molar-refractivity contribution in [3.05, 3.63) is 81.2 Å². The molecule has 6 nitrogen and oxygen atoms in total. The van der Waals surface area contributed by atoms with E-state index in [-0.39, 0.29) is 5.56 Å². The van der Waals surface area contributed by atoms with Gasteiger partial charge in [0.15, 0.2) is 0 Å². The quantitative estimate of drug-likeness (QED) is 0.526. The highest BCUT2D eigenvalue weighted by Gasteiger charge is 2.15. The zero-order valence-corrected chi connectivity index (χ0v) is 17.2. The molecular weight excluding hydrogens is 398 g/mol. The van der Waals surface area contributed by atoms with E-state index < -0.39 is 0 Å². The number of rotatable bonds is 3. The lowest BCUT2D eigenvalue weighted by atomic mass is 9.99. The fraction of sp³-hybridized carbons (Fsp3) is 0.174. The van der Waals surface area contributed by atoms with Gasteiger partial charge in [-0.05, 0) is 42.3 Å². The van der Waals surface area contributed by atoms with Crippen LogP contribution in [-0.4, -0.2) is 21.1 Å². The maximum absolute atomic E-state index is 13.0. The first kappa shape index (κ1) is 18.8. The molecule has 150 valence electrons. The van der Waals surface area contributed by atoms with Crippen LogP contribution in [0, 0.1) is 0 Å². The molecule has 0 unspecified atom stereocenters. The van der Waals surface area contributed by atoms with Gasteiger partial charge in [-0.1, -0.05) is 41.9 Å². The standard InChI is InChI=1S/C23H20ClN5O/c1-29-21-15(11-18(22(29)30)17-6-2-3-7-19(17)24)13-26-23(28-21)27-20-8-4-5-14-12-25-10-9-16(14)20/h2-8,11,13,25H,9-10,12H2,1H3,(H,26,27,28). The number of aryl methyl sites for hydroxylation is 1. The van der Waals surface area contributed by atoms with E-state index in [1.54, 1.807) is 29.9 Å². The van der Waals surface area contributed by atoms with Crippen molar-refractivity contribution in [2.45, 2.75) is 13.0 Å². The van der Waals surface area contributed by atoms with Crippen LogP contribution in [0.3, 0.4) is 0 Å². The number of halogens is 1. The molecule has 0 fully saturated rings. The topological polar surface area (TPSA) is 71.8 Å². The lowest BCUT2D eigenvalue weighted by molar-refractivity contribution is 0.645. The molecular formula is C23H20ClN5O. The summed E-state index contributed by atoms with van der Waals surface area (Å²) in [6, 6.07) is 15.3. The Balaban J connectivity index is 1.58. The Hall–Kier alpha value is -3.22. The minimum absolute atomic E-state index is 0.150. The van der Waals surface area contributed by atoms with Crippen LogP contribution in [-0.2, 0) is 20.0 Å². The van der Waals surface area contributed by atoms with Gasteiger partial charge in [0.05, 0.1) is 0 Å². The van der Waals surface area contributed by atoms with E-state index in [9.17, 15) is 4.79 Å². The van der Waals surface area contributed by atoms with Crippen LogP contribution in [0.5, 0.6) is 0 Å². The van der Waals surface area contributed by atoms with Crippen LogP contribution in [0.4, 0.5) is 11.6 Å². The Labute approximate surface area is 178 Å². The molecule has 0 saturated heterocycles. The fourth-order valence-electron chi connectivity index (χ4n) is 3.95. The van der Waals surface area contributed by atoms with Crippen molar-refractivity contribution in [3.8, 4) is 11.1 Å². The number of fused-ring (bicyclic) bond motifs is 2. The van der Waals surface area contributed by atoms with E-state index in [0.29, 0.717) is 27.7 Å². The number of nitrogens with zero attached hydrogens (tertiary/aromatic N) is 3. The molecule has 4 aromatic rings. The SMILES string of the molecule is Cn1c(=O)c(-c2ccccc2Cl)cc2cnc(Nc3cccc4c3CCNC4)nc21. The van der Waals surface area contributed by atoms with Crippen molar-refractivity contribution in [3.63, 3.8) is 0 Å². The Kier molecular flexibility index (Phi) is 4.73. The normalized spacial score (nSPS) is 13.3. The molecule has 7 heteroatoms. The zero-order valence-electron chi connectivity index (χ0n) is 16.4. The number of nitrogens with one attached hydrogen (secondary N) is 2. The van der Waals surface area contributed by atoms with Gasteiger partial charge in [-0.25, -0.2) is 4.98 Å². The number of pyridine rings is 1. The Morgan fingerprint density at radius 2 is 2.00 bits per heavy atom. The third-order valence-corrected chi connectivity index (χ3v) is 5.83. The summed E-state index contributed by atoms with van der Waals surface area (Å²) in [6.45, 7) is 1.81. The number of hydrogen-bond donors (Lipinski definition) is 2. The smallest absolute Gasteiger partial charge is 0.259 e. The lowest BCUT2D eigenvalue weighted by Gasteiger charge is -2.20. The second-order valence-corrected chi connectivity index (χ2v) is 7.78. The van der Waals surface area contributed by atoms with Crippen molar-refractivity contribution in [2.75, 3.05) is 11.9 Å². The van der Waals surface area contributed by atoms with Crippen LogP contribution in [0.1, 0.15) is 11.1 Å². The van der Waals surface area contributed by atoms with E-state index in [1.165, 1.54) is 11.1 Å². The molecule has 1 aliphatic rings. The van der Waals surface area contributed by atoms with E-state index in [0.717, 1.165) is 30.6 Å². The van der Waals surface area contributed by atoms with Crippen molar-refractivity contribution in [2.24, 2.45) is 7.05 Å². The van der Waals surface area contributed by atoms with Crippen molar-refractivity contribution < 1.29 is 0 Å². The second kappa shape index (κ2) is 7.55. The van der Waals surface area contributed by atoms with E-state index in [4.69, 9.17) is 11.6 Å². The fourth-order valence-corrected chi connectivity index (χ4v) is 4.19. The highest BCUT2D eigenvalue weighted by atomic mass is 35.5. The molecule has 0 bridgehead atoms. The average molecular weight is 418 g/mol. The monoisotopic (exact) mass is 417 g/mol. The first-order valence-electron chi connectivity index (χ1n) is 9.82. The van der Waals surface area contributed by atoms with Gasteiger partial charge in [-0.2, -0.15) is 4.98 Å². The maximum atomic E-state index is 13.0. The lowest BCUT2D eigenvalue weighted by Crippen LogP contribution is -2.24. The van der Waals surface area contributed by atoms with Gasteiger partial charge in [0.2, 0.25) is 5.95 Å². The summed E-state index contributed by atoms with van der Waals surface area (Å²) in [5.41, 5.74) is 5.22. The second-order valence-electron chi connectivity index (χ2n) is 7.37. The molecule has 3 heterocycles. The summed E-state index contributed by atoms with van der Waals surface area (Å²) < 4.78 is 1.55. The number of anilines is 2. The Morgan fingerprint density at radius 3 is 2.87 bits per heavy atom. The molecule has 5 rings (SSSR count). The molecule has 0 saturated carbocycles. The first-order valence-corrected chi connectivity index (χ1v) is 10.2. The summed E-state index contributed by atoms with van der Waals surface area (Å²) in [5.74, 6) is 0.468. The molecule has 1 aliphatic heterocycles. The molecule has 2 N–H and O–H groups in total. The van der Waals surface area contributed by atoms with Gasteiger partial charge >= 0.3 is 0 Å². The minimum atomic E-state index is -0.150. The molecule has 30 heavy (non-hydrogen) atoms. The van der Waals surface area contributed by atoms with Crippen molar-refractivity contribution >= 4 is 34.3 Å². The summed E-state index contributed by atoms with van der Waals surface area (Å²) in [4.78, 5) is 22.1. The minimum Gasteiger partial charge on any atom is -0.324 e. The van der Waals surface area contributed by atoms with Crippen LogP contribution >= 0.6 is 11.6 Å². The van der Waals surface area contributed by atoms with Crippen molar-refractivity contribution in [1.82, 2.24) is 19.9 Å². The number of aromatic nitrogens is 3. The molecule has 0 aliphatic carbocycles. The summed E-state index contributed by atoms with van der Waals surface area (Å²) in [6.07, 6.45) is 2.69.